The normalized spacial score (nSPS) is 19.3. The van der Waals surface area contributed by atoms with Gasteiger partial charge in [-0.15, -0.1) is 0 Å². The first kappa shape index (κ1) is 8.88. The van der Waals surface area contributed by atoms with Crippen LogP contribution in [-0.4, -0.2) is 33.1 Å². The summed E-state index contributed by atoms with van der Waals surface area (Å²) in [4.78, 5) is 0. The van der Waals surface area contributed by atoms with E-state index < -0.39 is 17.8 Å². The molecular weight excluding hydrogens is 120 g/mol. The lowest BCUT2D eigenvalue weighted by atomic mass is 9.89. The van der Waals surface area contributed by atoms with E-state index in [1.54, 1.807) is 0 Å². The van der Waals surface area contributed by atoms with E-state index in [1.165, 1.54) is 20.8 Å². The molecule has 3 heteroatoms. The molecule has 0 radical (unpaired) electrons. The minimum atomic E-state index is -1.41. The highest BCUT2D eigenvalue weighted by molar-refractivity contribution is 4.88. The summed E-state index contributed by atoms with van der Waals surface area (Å²) in [5.41, 5.74) is -2.66. The van der Waals surface area contributed by atoms with E-state index in [1.807, 2.05) is 0 Å². The van der Waals surface area contributed by atoms with Crippen molar-refractivity contribution in [2.75, 3.05) is 6.61 Å². The summed E-state index contributed by atoms with van der Waals surface area (Å²) >= 11 is 0. The molecular formula is C6H14O3. The molecule has 3 nitrogen and oxygen atoms in total. The van der Waals surface area contributed by atoms with Gasteiger partial charge in [0.05, 0.1) is 12.2 Å². The molecule has 0 unspecified atom stereocenters. The Kier molecular flexibility index (Phi) is 2.22. The summed E-state index contributed by atoms with van der Waals surface area (Å²) in [5, 5.41) is 26.8. The summed E-state index contributed by atoms with van der Waals surface area (Å²) in [6, 6.07) is 0. The third-order valence-electron chi connectivity index (χ3n) is 1.63. The van der Waals surface area contributed by atoms with Gasteiger partial charge in [-0.3, -0.25) is 0 Å². The van der Waals surface area contributed by atoms with E-state index >= 15 is 0 Å². The number of rotatable bonds is 2. The minimum Gasteiger partial charge on any atom is -0.393 e. The first-order valence-electron chi connectivity index (χ1n) is 2.87. The van der Waals surface area contributed by atoms with Crippen LogP contribution in [-0.2, 0) is 0 Å². The molecule has 0 heterocycles. The Bertz CT molecular complexity index is 91.0. The van der Waals surface area contributed by atoms with Gasteiger partial charge in [-0.1, -0.05) is 0 Å². The fraction of sp³-hybridized carbons (Fsp3) is 1.00. The van der Waals surface area contributed by atoms with Gasteiger partial charge >= 0.3 is 0 Å². The second-order valence-corrected chi connectivity index (χ2v) is 2.99. The highest BCUT2D eigenvalue weighted by Gasteiger charge is 2.36. The standard InChI is InChI=1S/C6H14O3/c1-5(2,8)6(3,9)4-7/h7-9H,4H2,1-3H3/t6-/m0/s1. The van der Waals surface area contributed by atoms with Crippen molar-refractivity contribution < 1.29 is 15.3 Å². The molecule has 0 aliphatic carbocycles. The van der Waals surface area contributed by atoms with Gasteiger partial charge in [-0.2, -0.15) is 0 Å². The predicted molar refractivity (Wildman–Crippen MR) is 34.0 cm³/mol. The van der Waals surface area contributed by atoms with Gasteiger partial charge in [-0.25, -0.2) is 0 Å². The van der Waals surface area contributed by atoms with E-state index in [0.29, 0.717) is 0 Å². The van der Waals surface area contributed by atoms with Crippen molar-refractivity contribution in [2.24, 2.45) is 0 Å². The topological polar surface area (TPSA) is 60.7 Å². The highest BCUT2D eigenvalue weighted by atomic mass is 16.4. The molecule has 0 rings (SSSR count). The zero-order valence-corrected chi connectivity index (χ0v) is 6.05. The number of aliphatic hydroxyl groups is 3. The molecule has 1 atom stereocenters. The monoisotopic (exact) mass is 134 g/mol. The van der Waals surface area contributed by atoms with Crippen LogP contribution in [0.15, 0.2) is 0 Å². The van der Waals surface area contributed by atoms with Crippen LogP contribution in [0.3, 0.4) is 0 Å². The van der Waals surface area contributed by atoms with Crippen LogP contribution in [0.2, 0.25) is 0 Å². The summed E-state index contributed by atoms with van der Waals surface area (Å²) in [7, 11) is 0. The van der Waals surface area contributed by atoms with Crippen LogP contribution >= 0.6 is 0 Å². The predicted octanol–water partition coefficient (Wildman–Crippen LogP) is -0.499. The van der Waals surface area contributed by atoms with Crippen molar-refractivity contribution in [1.29, 1.82) is 0 Å². The lowest BCUT2D eigenvalue weighted by Gasteiger charge is -2.33. The molecule has 0 aliphatic heterocycles. The van der Waals surface area contributed by atoms with E-state index in [9.17, 15) is 0 Å². The van der Waals surface area contributed by atoms with Gasteiger partial charge in [0.1, 0.15) is 5.60 Å². The van der Waals surface area contributed by atoms with E-state index in [0.717, 1.165) is 0 Å². The molecule has 0 aromatic heterocycles. The second-order valence-electron chi connectivity index (χ2n) is 2.99. The van der Waals surface area contributed by atoms with Crippen molar-refractivity contribution >= 4 is 0 Å². The van der Waals surface area contributed by atoms with Crippen LogP contribution < -0.4 is 0 Å². The molecule has 3 N–H and O–H groups in total. The van der Waals surface area contributed by atoms with E-state index in [-0.39, 0.29) is 0 Å². The average molecular weight is 134 g/mol. The average Bonchev–Trinajstić information content (AvgIpc) is 1.64. The smallest absolute Gasteiger partial charge is 0.113 e. The summed E-state index contributed by atoms with van der Waals surface area (Å²) in [6.45, 7) is 3.84. The first-order chi connectivity index (χ1) is 3.81. The molecule has 0 aromatic carbocycles. The molecule has 0 bridgehead atoms. The Hall–Kier alpha value is -0.120. The maximum absolute atomic E-state index is 9.16. The number of hydrogen-bond acceptors (Lipinski definition) is 3. The van der Waals surface area contributed by atoms with Crippen molar-refractivity contribution in [3.05, 3.63) is 0 Å². The van der Waals surface area contributed by atoms with Gasteiger partial charge in [0.25, 0.3) is 0 Å². The Balaban J connectivity index is 4.14. The van der Waals surface area contributed by atoms with Crippen molar-refractivity contribution in [3.8, 4) is 0 Å². The van der Waals surface area contributed by atoms with Gasteiger partial charge in [-0.05, 0) is 20.8 Å². The SMILES string of the molecule is CC(C)(O)[C@@](C)(O)CO. The molecule has 0 aliphatic rings. The lowest BCUT2D eigenvalue weighted by Crippen LogP contribution is -2.50. The highest BCUT2D eigenvalue weighted by Crippen LogP contribution is 2.19. The minimum absolute atomic E-state index is 0.434. The van der Waals surface area contributed by atoms with Gasteiger partial charge in [0.15, 0.2) is 0 Å². The maximum atomic E-state index is 9.16. The van der Waals surface area contributed by atoms with Crippen LogP contribution in [0.5, 0.6) is 0 Å². The fourth-order valence-corrected chi connectivity index (χ4v) is 0.193. The quantitative estimate of drug-likeness (QED) is 0.477. The van der Waals surface area contributed by atoms with Gasteiger partial charge in [0.2, 0.25) is 0 Å². The summed E-state index contributed by atoms with van der Waals surface area (Å²) in [6.07, 6.45) is 0. The largest absolute Gasteiger partial charge is 0.393 e. The molecule has 0 spiro atoms. The van der Waals surface area contributed by atoms with Gasteiger partial charge in [0, 0.05) is 0 Å². The summed E-state index contributed by atoms with van der Waals surface area (Å²) in [5.74, 6) is 0. The molecule has 0 fully saturated rings. The van der Waals surface area contributed by atoms with E-state index in [4.69, 9.17) is 15.3 Å². The molecule has 0 saturated carbocycles. The summed E-state index contributed by atoms with van der Waals surface area (Å²) < 4.78 is 0. The van der Waals surface area contributed by atoms with Crippen molar-refractivity contribution in [1.82, 2.24) is 0 Å². The van der Waals surface area contributed by atoms with E-state index in [2.05, 4.69) is 0 Å². The third kappa shape index (κ3) is 1.93. The fourth-order valence-electron chi connectivity index (χ4n) is 0.193. The Morgan fingerprint density at radius 2 is 1.44 bits per heavy atom. The van der Waals surface area contributed by atoms with Crippen molar-refractivity contribution in [2.45, 2.75) is 32.0 Å². The molecule has 56 valence electrons. The molecule has 9 heavy (non-hydrogen) atoms. The third-order valence-corrected chi connectivity index (χ3v) is 1.63. The van der Waals surface area contributed by atoms with Gasteiger partial charge < -0.3 is 15.3 Å². The van der Waals surface area contributed by atoms with Crippen LogP contribution in [0, 0.1) is 0 Å². The molecule has 0 amide bonds. The molecule has 0 aromatic rings. The number of aliphatic hydroxyl groups excluding tert-OH is 1. The second kappa shape index (κ2) is 2.25. The number of hydrogen-bond donors (Lipinski definition) is 3. The maximum Gasteiger partial charge on any atom is 0.113 e. The zero-order valence-electron chi connectivity index (χ0n) is 6.05. The van der Waals surface area contributed by atoms with Crippen molar-refractivity contribution in [3.63, 3.8) is 0 Å². The Morgan fingerprint density at radius 3 is 1.44 bits per heavy atom. The zero-order chi connectivity index (χ0) is 7.71. The first-order valence-corrected chi connectivity index (χ1v) is 2.87. The van der Waals surface area contributed by atoms with Crippen LogP contribution in [0.1, 0.15) is 20.8 Å². The Labute approximate surface area is 54.9 Å². The lowest BCUT2D eigenvalue weighted by molar-refractivity contribution is -0.142. The Morgan fingerprint density at radius 1 is 1.11 bits per heavy atom. The van der Waals surface area contributed by atoms with Crippen LogP contribution in [0.25, 0.3) is 0 Å². The molecule has 0 saturated heterocycles. The van der Waals surface area contributed by atoms with Crippen LogP contribution in [0.4, 0.5) is 0 Å².